The van der Waals surface area contributed by atoms with Crippen molar-refractivity contribution in [2.24, 2.45) is 17.6 Å². The first-order valence-electron chi connectivity index (χ1n) is 7.62. The van der Waals surface area contributed by atoms with E-state index in [-0.39, 0.29) is 6.09 Å². The van der Waals surface area contributed by atoms with Crippen LogP contribution in [0.15, 0.2) is 0 Å². The monoisotopic (exact) mass is 268 g/mol. The summed E-state index contributed by atoms with van der Waals surface area (Å²) in [5, 5.41) is 0. The Morgan fingerprint density at radius 1 is 1.32 bits per heavy atom. The van der Waals surface area contributed by atoms with Gasteiger partial charge < -0.3 is 15.4 Å². The van der Waals surface area contributed by atoms with Crippen molar-refractivity contribution in [3.05, 3.63) is 0 Å². The smallest absolute Gasteiger partial charge is 0.410 e. The molecule has 1 saturated heterocycles. The summed E-state index contributed by atoms with van der Waals surface area (Å²) < 4.78 is 5.55. The SMILES string of the molecule is CC(C)(C)OC(=O)N1CC(CCN)C2CCCCC21. The van der Waals surface area contributed by atoms with Gasteiger partial charge in [-0.3, -0.25) is 0 Å². The van der Waals surface area contributed by atoms with Crippen LogP contribution in [-0.4, -0.2) is 35.7 Å². The van der Waals surface area contributed by atoms with E-state index in [1.54, 1.807) is 0 Å². The zero-order chi connectivity index (χ0) is 14.0. The van der Waals surface area contributed by atoms with E-state index in [1.165, 1.54) is 19.3 Å². The summed E-state index contributed by atoms with van der Waals surface area (Å²) in [6, 6.07) is 0.389. The van der Waals surface area contributed by atoms with Crippen LogP contribution >= 0.6 is 0 Å². The molecule has 0 aromatic heterocycles. The molecule has 2 fully saturated rings. The third kappa shape index (κ3) is 3.41. The third-order valence-electron chi connectivity index (χ3n) is 4.38. The predicted molar refractivity (Wildman–Crippen MR) is 75.8 cm³/mol. The van der Waals surface area contributed by atoms with Gasteiger partial charge in [0.1, 0.15) is 5.60 Å². The lowest BCUT2D eigenvalue weighted by Gasteiger charge is -2.33. The second-order valence-electron chi connectivity index (χ2n) is 6.99. The van der Waals surface area contributed by atoms with Gasteiger partial charge in [0.15, 0.2) is 0 Å². The van der Waals surface area contributed by atoms with Crippen LogP contribution in [0, 0.1) is 11.8 Å². The maximum Gasteiger partial charge on any atom is 0.410 e. The Bertz CT molecular complexity index is 325. The molecule has 4 nitrogen and oxygen atoms in total. The molecule has 2 N–H and O–H groups in total. The fraction of sp³-hybridized carbons (Fsp3) is 0.933. The summed E-state index contributed by atoms with van der Waals surface area (Å²) in [5.74, 6) is 1.22. The van der Waals surface area contributed by atoms with Crippen LogP contribution < -0.4 is 5.73 Å². The molecule has 1 heterocycles. The molecule has 2 rings (SSSR count). The van der Waals surface area contributed by atoms with Gasteiger partial charge in [0.25, 0.3) is 0 Å². The molecule has 19 heavy (non-hydrogen) atoms. The maximum atomic E-state index is 12.3. The first-order chi connectivity index (χ1) is 8.92. The molecule has 1 aliphatic carbocycles. The summed E-state index contributed by atoms with van der Waals surface area (Å²) in [6.07, 6.45) is 5.80. The van der Waals surface area contributed by atoms with Gasteiger partial charge in [0.2, 0.25) is 0 Å². The molecular weight excluding hydrogens is 240 g/mol. The van der Waals surface area contributed by atoms with E-state index in [4.69, 9.17) is 10.5 Å². The fourth-order valence-corrected chi connectivity index (χ4v) is 3.65. The number of rotatable bonds is 2. The Labute approximate surface area is 116 Å². The molecule has 1 saturated carbocycles. The number of likely N-dealkylation sites (tertiary alicyclic amines) is 1. The maximum absolute atomic E-state index is 12.3. The molecule has 1 aliphatic heterocycles. The minimum Gasteiger partial charge on any atom is -0.444 e. The molecule has 0 aromatic rings. The van der Waals surface area contributed by atoms with Crippen LogP contribution in [0.5, 0.6) is 0 Å². The van der Waals surface area contributed by atoms with Crippen molar-refractivity contribution in [3.63, 3.8) is 0 Å². The molecule has 0 aromatic carbocycles. The van der Waals surface area contributed by atoms with Crippen molar-refractivity contribution in [3.8, 4) is 0 Å². The summed E-state index contributed by atoms with van der Waals surface area (Å²) in [7, 11) is 0. The van der Waals surface area contributed by atoms with Crippen molar-refractivity contribution in [2.45, 2.75) is 64.5 Å². The number of nitrogens with two attached hydrogens (primary N) is 1. The van der Waals surface area contributed by atoms with Crippen molar-refractivity contribution in [1.29, 1.82) is 0 Å². The molecular formula is C15H28N2O2. The van der Waals surface area contributed by atoms with E-state index in [2.05, 4.69) is 0 Å². The van der Waals surface area contributed by atoms with Crippen LogP contribution in [0.2, 0.25) is 0 Å². The number of carbonyl (C=O) groups is 1. The van der Waals surface area contributed by atoms with Crippen LogP contribution in [0.1, 0.15) is 52.9 Å². The van der Waals surface area contributed by atoms with Gasteiger partial charge in [0.05, 0.1) is 0 Å². The average Bonchev–Trinajstić information content (AvgIpc) is 2.67. The van der Waals surface area contributed by atoms with Crippen LogP contribution in [0.3, 0.4) is 0 Å². The Kier molecular flexibility index (Phi) is 4.39. The predicted octanol–water partition coefficient (Wildman–Crippen LogP) is 2.76. The van der Waals surface area contributed by atoms with Gasteiger partial charge in [0, 0.05) is 12.6 Å². The van der Waals surface area contributed by atoms with Gasteiger partial charge in [-0.25, -0.2) is 4.79 Å². The highest BCUT2D eigenvalue weighted by Crippen LogP contribution is 2.41. The minimum absolute atomic E-state index is 0.135. The number of hydrogen-bond donors (Lipinski definition) is 1. The largest absolute Gasteiger partial charge is 0.444 e. The number of amides is 1. The van der Waals surface area contributed by atoms with E-state index in [1.807, 2.05) is 25.7 Å². The Morgan fingerprint density at radius 2 is 2.00 bits per heavy atom. The Balaban J connectivity index is 2.06. The van der Waals surface area contributed by atoms with E-state index < -0.39 is 5.60 Å². The van der Waals surface area contributed by atoms with E-state index in [0.717, 1.165) is 25.9 Å². The lowest BCUT2D eigenvalue weighted by Crippen LogP contribution is -2.42. The molecule has 0 spiro atoms. The van der Waals surface area contributed by atoms with Crippen molar-refractivity contribution in [1.82, 2.24) is 4.90 Å². The highest BCUT2D eigenvalue weighted by molar-refractivity contribution is 5.69. The third-order valence-corrected chi connectivity index (χ3v) is 4.38. The number of fused-ring (bicyclic) bond motifs is 1. The second-order valence-corrected chi connectivity index (χ2v) is 6.99. The summed E-state index contributed by atoms with van der Waals surface area (Å²) in [5.41, 5.74) is 5.31. The van der Waals surface area contributed by atoms with Crippen molar-refractivity contribution >= 4 is 6.09 Å². The molecule has 0 bridgehead atoms. The number of carbonyl (C=O) groups excluding carboxylic acids is 1. The normalized spacial score (nSPS) is 31.2. The van der Waals surface area contributed by atoms with Crippen molar-refractivity contribution < 1.29 is 9.53 Å². The first kappa shape index (κ1) is 14.6. The summed E-state index contributed by atoms with van der Waals surface area (Å²) >= 11 is 0. The van der Waals surface area contributed by atoms with Gasteiger partial charge in [-0.05, 0) is 58.4 Å². The summed E-state index contributed by atoms with van der Waals surface area (Å²) in [6.45, 7) is 7.33. The molecule has 4 heteroatoms. The molecule has 3 unspecified atom stereocenters. The number of nitrogens with zero attached hydrogens (tertiary/aromatic N) is 1. The highest BCUT2D eigenvalue weighted by Gasteiger charge is 2.45. The van der Waals surface area contributed by atoms with Crippen molar-refractivity contribution in [2.75, 3.05) is 13.1 Å². The Hall–Kier alpha value is -0.770. The van der Waals surface area contributed by atoms with Crippen LogP contribution in [-0.2, 0) is 4.74 Å². The lowest BCUT2D eigenvalue weighted by molar-refractivity contribution is 0.0182. The molecule has 1 amide bonds. The van der Waals surface area contributed by atoms with Gasteiger partial charge in [-0.1, -0.05) is 12.8 Å². The van der Waals surface area contributed by atoms with E-state index in [9.17, 15) is 4.79 Å². The topological polar surface area (TPSA) is 55.6 Å². The van der Waals surface area contributed by atoms with Crippen LogP contribution in [0.4, 0.5) is 4.79 Å². The van der Waals surface area contributed by atoms with Gasteiger partial charge >= 0.3 is 6.09 Å². The quantitative estimate of drug-likeness (QED) is 0.838. The van der Waals surface area contributed by atoms with E-state index in [0.29, 0.717) is 17.9 Å². The zero-order valence-corrected chi connectivity index (χ0v) is 12.5. The summed E-state index contributed by atoms with van der Waals surface area (Å²) in [4.78, 5) is 14.3. The Morgan fingerprint density at radius 3 is 2.63 bits per heavy atom. The van der Waals surface area contributed by atoms with Gasteiger partial charge in [-0.15, -0.1) is 0 Å². The molecule has 0 radical (unpaired) electrons. The molecule has 110 valence electrons. The van der Waals surface area contributed by atoms with Crippen LogP contribution in [0.25, 0.3) is 0 Å². The highest BCUT2D eigenvalue weighted by atomic mass is 16.6. The zero-order valence-electron chi connectivity index (χ0n) is 12.5. The second kappa shape index (κ2) is 5.70. The molecule has 2 aliphatic rings. The number of ether oxygens (including phenoxy) is 1. The lowest BCUT2D eigenvalue weighted by atomic mass is 9.78. The average molecular weight is 268 g/mol. The first-order valence-corrected chi connectivity index (χ1v) is 7.62. The molecule has 3 atom stereocenters. The van der Waals surface area contributed by atoms with Gasteiger partial charge in [-0.2, -0.15) is 0 Å². The van der Waals surface area contributed by atoms with E-state index >= 15 is 0 Å². The minimum atomic E-state index is -0.410. The fourth-order valence-electron chi connectivity index (χ4n) is 3.65. The number of hydrogen-bond acceptors (Lipinski definition) is 3. The standard InChI is InChI=1S/C15H28N2O2/c1-15(2,3)19-14(18)17-10-11(8-9-16)12-6-4-5-7-13(12)17/h11-13H,4-10,16H2,1-3H3.